The SMILES string of the molecule is C=C(C)C(=O)OCCC[Si](C)(C)C.C=CCOC(=O)C(=C)C.C[SiH2]O[Si]1(C)O[Si]2(C)O[Si]3(C)O[SiH2]O[Si]4(C)O[Si](C)(O1)O[Si](C)(O2)O[Si](C)(O3)O4.C[SiH](C)C.[SiH2]O[Si]1O[Si]2O[Si]3O[SiH2]O[Si]4O[Si](O1)O[Si](O2)O[Si](O3)O4.[Y].[Y].[Y].[Y].[Y].[Y].[Y].[Y]. The predicted octanol–water partition coefficient (Wildman–Crippen LogP) is -0.759. The summed E-state index contributed by atoms with van der Waals surface area (Å²) in [6, 6.07) is 1.20. The van der Waals surface area contributed by atoms with Gasteiger partial charge in [-0.3, -0.25) is 0 Å². The Hall–Kier alpha value is 10.4. The molecule has 8 aliphatic heterocycles. The van der Waals surface area contributed by atoms with Crippen LogP contribution in [0.25, 0.3) is 0 Å². The molecule has 16 radical (unpaired) electrons. The molecule has 0 aromatic carbocycles. The first-order valence-electron chi connectivity index (χ1n) is 23.5. The van der Waals surface area contributed by atoms with Crippen LogP contribution >= 0.6 is 0 Å². The first kappa shape index (κ1) is 103. The van der Waals surface area contributed by atoms with Gasteiger partial charge in [-0.05, 0) is 20.3 Å². The summed E-state index contributed by atoms with van der Waals surface area (Å²) in [7, 11) is -42.2. The molecule has 56 heteroatoms. The van der Waals surface area contributed by atoms with Crippen LogP contribution in [0.3, 0.4) is 0 Å². The summed E-state index contributed by atoms with van der Waals surface area (Å²) in [5.41, 5.74) is 0.893. The number of rotatable bonds is 11. The van der Waals surface area contributed by atoms with Crippen molar-refractivity contribution in [3.63, 3.8) is 0 Å². The zero-order valence-electron chi connectivity index (χ0n) is 50.5. The van der Waals surface area contributed by atoms with Gasteiger partial charge in [0, 0.05) is 336 Å². The predicted molar refractivity (Wildman–Crippen MR) is 307 cm³/mol. The van der Waals surface area contributed by atoms with Crippen molar-refractivity contribution in [3.05, 3.63) is 37.0 Å². The molecule has 8 heterocycles. The van der Waals surface area contributed by atoms with Gasteiger partial charge in [0.1, 0.15) is 16.4 Å². The third-order valence-electron chi connectivity index (χ3n) is 8.69. The molecule has 8 aliphatic rings. The van der Waals surface area contributed by atoms with E-state index in [1.807, 2.05) is 13.1 Å². The van der Waals surface area contributed by atoms with Gasteiger partial charge >= 0.3 is 140 Å². The third-order valence-corrected chi connectivity index (χ3v) is 61.4. The van der Waals surface area contributed by atoms with Gasteiger partial charge < -0.3 is 108 Å². The molecule has 28 nitrogen and oxygen atoms in total. The molecule has 84 heavy (non-hydrogen) atoms. The number of ether oxygens (including phenoxy) is 2. The Bertz CT molecular complexity index is 1900. The Kier molecular flexibility index (Phi) is 59.3. The molecule has 0 N–H and O–H groups in total. The van der Waals surface area contributed by atoms with Crippen LogP contribution < -0.4 is 0 Å². The van der Waals surface area contributed by atoms with Crippen LogP contribution in [-0.2, 0) is 379 Å². The Balaban J connectivity index is -0.000000336. The van der Waals surface area contributed by atoms with Crippen molar-refractivity contribution in [1.82, 2.24) is 0 Å². The number of esters is 2. The van der Waals surface area contributed by atoms with E-state index in [0.717, 1.165) is 6.42 Å². The Morgan fingerprint density at radius 1 is 0.560 bits per heavy atom. The molecule has 0 amide bonds. The van der Waals surface area contributed by atoms with E-state index in [-0.39, 0.29) is 289 Å². The summed E-state index contributed by atoms with van der Waals surface area (Å²) in [6.07, 6.45) is 2.50. The number of carbonyl (C=O) groups excluding carboxylic acids is 2. The molecule has 456 valence electrons. The smallest absolute Gasteiger partial charge is 0.462 e. The molecule has 12 bridgehead atoms. The Morgan fingerprint density at radius 3 is 1.20 bits per heavy atom. The van der Waals surface area contributed by atoms with E-state index in [2.05, 4.69) is 63.8 Å². The normalized spacial score (nSPS) is 31.5. The number of carbonyl (C=O) groups is 2. The van der Waals surface area contributed by atoms with Gasteiger partial charge in [-0.2, -0.15) is 0 Å². The van der Waals surface area contributed by atoms with Crippen LogP contribution in [0, 0.1) is 0 Å². The van der Waals surface area contributed by atoms with Crippen molar-refractivity contribution in [2.75, 3.05) is 13.2 Å². The monoisotopic (exact) mass is 2130 g/mol. The molecule has 0 spiro atoms. The second-order valence-electron chi connectivity index (χ2n) is 19.0. The Labute approximate surface area is 731 Å². The fraction of sp³-hybridized carbons (Fsp3) is 0.714. The summed E-state index contributed by atoms with van der Waals surface area (Å²) in [5, 5.41) is 0. The van der Waals surface area contributed by atoms with Gasteiger partial charge in [0.25, 0.3) is 20.0 Å². The van der Waals surface area contributed by atoms with Crippen molar-refractivity contribution in [2.24, 2.45) is 0 Å². The topological polar surface area (TPSA) is 274 Å². The standard InChI is InChI=1S/C10H20O2Si.C8H28O12Si9.C7H10O2.C3H10Si.H4O12Si9.8Y/c1-9(2)10(11)12-7-6-8-13(3,4)5;1-21-9-23(2)12-26(5)14-24(3)10-22-11-25(4)15-27(6,13-23)19-29(8,18-26)20-28(7,16-24)17-25;1-4-5-9-7(8)6(2)3;1-4(2)3;13-1-15-4-18-6-16-2-14-3-17-7-19(5-15)11-21(10-18)12-20(8-16)9-17;;;;;;;;/h1,6-8H2,2-5H3;21-22H2,1-8H3;4H,1-2,5H2,3H3;4H,1-3H3;13-14H2;;;;;;;;. The van der Waals surface area contributed by atoms with Gasteiger partial charge in [0.2, 0.25) is 0 Å². The van der Waals surface area contributed by atoms with Gasteiger partial charge in [-0.25, -0.2) is 9.59 Å². The summed E-state index contributed by atoms with van der Waals surface area (Å²) in [4.78, 5) is 21.5. The minimum Gasteiger partial charge on any atom is -0.462 e. The molecule has 0 aromatic heterocycles. The molecule has 0 saturated carbocycles. The van der Waals surface area contributed by atoms with E-state index >= 15 is 0 Å². The molecule has 8 fully saturated rings. The van der Waals surface area contributed by atoms with Crippen molar-refractivity contribution in [3.8, 4) is 0 Å². The number of hydrogen-bond acceptors (Lipinski definition) is 28. The van der Waals surface area contributed by atoms with Crippen molar-refractivity contribution in [1.29, 1.82) is 0 Å². The molecule has 4 atom stereocenters. The van der Waals surface area contributed by atoms with Crippen LogP contribution in [0.1, 0.15) is 20.3 Å². The number of hydrogen-bond donors (Lipinski definition) is 0. The largest absolute Gasteiger partial charge is 0.553 e. The second-order valence-corrected chi connectivity index (χ2v) is 66.3. The molecule has 0 aromatic rings. The van der Waals surface area contributed by atoms with Crippen molar-refractivity contribution >= 4 is 197 Å². The average molecular weight is 2130 g/mol. The molecule has 8 saturated heterocycles. The first-order valence-corrected chi connectivity index (χ1v) is 59.7. The van der Waals surface area contributed by atoms with Crippen molar-refractivity contribution < 1.29 is 379 Å². The minimum atomic E-state index is -3.42. The maximum Gasteiger partial charge on any atom is 0.553 e. The van der Waals surface area contributed by atoms with E-state index in [0.29, 0.717) is 17.8 Å². The average Bonchev–Trinajstić information content (AvgIpc) is 3.20. The van der Waals surface area contributed by atoms with Crippen LogP contribution in [0.2, 0.25) is 97.7 Å². The van der Waals surface area contributed by atoms with Gasteiger partial charge in [-0.15, -0.1) is 0 Å². The van der Waals surface area contributed by atoms with Crippen molar-refractivity contribution in [2.45, 2.75) is 118 Å². The minimum absolute atomic E-state index is 0. The van der Waals surface area contributed by atoms with Crippen LogP contribution in [0.5, 0.6) is 0 Å². The van der Waals surface area contributed by atoms with E-state index in [9.17, 15) is 9.59 Å². The van der Waals surface area contributed by atoms with Gasteiger partial charge in [-0.1, -0.05) is 77.7 Å². The van der Waals surface area contributed by atoms with E-state index < -0.39 is 166 Å². The zero-order chi connectivity index (χ0) is 57.0. The Morgan fingerprint density at radius 2 is 0.881 bits per heavy atom. The molecule has 8 rings (SSSR count). The van der Waals surface area contributed by atoms with Crippen LogP contribution in [0.4, 0.5) is 0 Å². The van der Waals surface area contributed by atoms with Gasteiger partial charge in [0.05, 0.1) is 6.61 Å². The maximum absolute atomic E-state index is 11.0. The summed E-state index contributed by atoms with van der Waals surface area (Å²) in [6.45, 7) is 42.7. The first-order chi connectivity index (χ1) is 35.2. The quantitative estimate of drug-likeness (QED) is 0.0809. The van der Waals surface area contributed by atoms with E-state index in [1.54, 1.807) is 53.1 Å². The number of fused-ring (bicyclic) bond motifs is 8. The van der Waals surface area contributed by atoms with E-state index in [4.69, 9.17) is 104 Å². The zero-order valence-corrected chi connectivity index (χ0v) is 95.0. The van der Waals surface area contributed by atoms with Crippen LogP contribution in [-0.4, -0.2) is 211 Å². The van der Waals surface area contributed by atoms with Crippen LogP contribution in [0.15, 0.2) is 37.0 Å². The summed E-state index contributed by atoms with van der Waals surface area (Å²) >= 11 is 0. The van der Waals surface area contributed by atoms with E-state index in [1.165, 1.54) is 22.6 Å². The molecular formula is C28H72O28Si20Y8. The molecular weight excluding hydrogens is 2060 g/mol. The molecule has 4 unspecified atom stereocenters. The fourth-order valence-electron chi connectivity index (χ4n) is 6.40. The fourth-order valence-corrected chi connectivity index (χ4v) is 68.3. The van der Waals surface area contributed by atoms with Gasteiger partial charge in [0.15, 0.2) is 10.5 Å². The summed E-state index contributed by atoms with van der Waals surface area (Å²) < 4.78 is 152. The summed E-state index contributed by atoms with van der Waals surface area (Å²) in [5.74, 6) is -0.634. The molecule has 0 aliphatic carbocycles. The third kappa shape index (κ3) is 39.1. The second kappa shape index (κ2) is 48.3. The maximum atomic E-state index is 11.0.